The van der Waals surface area contributed by atoms with Crippen molar-refractivity contribution in [2.24, 2.45) is 0 Å². The van der Waals surface area contributed by atoms with Gasteiger partial charge in [-0.25, -0.2) is 0 Å². The van der Waals surface area contributed by atoms with E-state index in [0.717, 1.165) is 45.6 Å². The van der Waals surface area contributed by atoms with Crippen molar-refractivity contribution in [1.82, 2.24) is 14.7 Å². The molecule has 0 bridgehead atoms. The van der Waals surface area contributed by atoms with E-state index in [1.54, 1.807) is 12.5 Å². The Kier molecular flexibility index (Phi) is 4.36. The maximum absolute atomic E-state index is 12.9. The Morgan fingerprint density at radius 1 is 1.32 bits per heavy atom. The lowest BCUT2D eigenvalue weighted by atomic mass is 9.82. The second-order valence-corrected chi connectivity index (χ2v) is 6.40. The van der Waals surface area contributed by atoms with Crippen LogP contribution in [0.5, 0.6) is 0 Å². The number of likely N-dealkylation sites (tertiary alicyclic amines) is 1. The molecule has 0 aromatic carbocycles. The van der Waals surface area contributed by atoms with Crippen molar-refractivity contribution in [2.45, 2.75) is 24.9 Å². The van der Waals surface area contributed by atoms with E-state index in [0.29, 0.717) is 6.54 Å². The average molecular weight is 303 g/mol. The molecule has 5 heteroatoms. The molecule has 5 nitrogen and oxygen atoms in total. The summed E-state index contributed by atoms with van der Waals surface area (Å²) in [4.78, 5) is 19.6. The maximum Gasteiger partial charge on any atom is 0.243 e. The first-order chi connectivity index (χ1) is 10.7. The van der Waals surface area contributed by atoms with Crippen LogP contribution >= 0.6 is 0 Å². The van der Waals surface area contributed by atoms with Gasteiger partial charge in [-0.15, -0.1) is 6.58 Å². The highest BCUT2D eigenvalue weighted by atomic mass is 16.3. The number of carbonyl (C=O) groups is 1. The monoisotopic (exact) mass is 303 g/mol. The molecule has 2 fully saturated rings. The fourth-order valence-electron chi connectivity index (χ4n) is 3.69. The number of carbonyl (C=O) groups excluding carboxylic acids is 1. The Balaban J connectivity index is 1.66. The van der Waals surface area contributed by atoms with Crippen LogP contribution in [0, 0.1) is 0 Å². The Morgan fingerprint density at radius 2 is 2.09 bits per heavy atom. The van der Waals surface area contributed by atoms with Gasteiger partial charge in [0.25, 0.3) is 0 Å². The molecule has 22 heavy (non-hydrogen) atoms. The molecule has 3 rings (SSSR count). The van der Waals surface area contributed by atoms with Crippen LogP contribution in [0.1, 0.15) is 18.4 Å². The molecule has 1 aromatic heterocycles. The number of piperidine rings is 1. The molecule has 2 saturated heterocycles. The zero-order valence-electron chi connectivity index (χ0n) is 13.3. The van der Waals surface area contributed by atoms with Crippen LogP contribution in [0.4, 0.5) is 0 Å². The summed E-state index contributed by atoms with van der Waals surface area (Å²) in [5.41, 5.74) is 0.890. The lowest BCUT2D eigenvalue weighted by Gasteiger charge is -2.51. The van der Waals surface area contributed by atoms with Gasteiger partial charge in [0.1, 0.15) is 5.54 Å². The summed E-state index contributed by atoms with van der Waals surface area (Å²) in [5.74, 6) is 0.282. The third kappa shape index (κ3) is 2.71. The summed E-state index contributed by atoms with van der Waals surface area (Å²) in [7, 11) is 2.09. The second kappa shape index (κ2) is 6.26. The number of nitrogens with zero attached hydrogens (tertiary/aromatic N) is 3. The molecule has 0 N–H and O–H groups in total. The minimum absolute atomic E-state index is 0.282. The quantitative estimate of drug-likeness (QED) is 0.792. The van der Waals surface area contributed by atoms with Crippen molar-refractivity contribution in [2.75, 3.05) is 39.8 Å². The fourth-order valence-corrected chi connectivity index (χ4v) is 3.69. The van der Waals surface area contributed by atoms with Gasteiger partial charge in [0.15, 0.2) is 0 Å². The molecule has 2 aliphatic rings. The van der Waals surface area contributed by atoms with Crippen LogP contribution in [0.25, 0.3) is 0 Å². The fraction of sp³-hybridized carbons (Fsp3) is 0.588. The number of piperazine rings is 1. The number of amides is 1. The third-order valence-corrected chi connectivity index (χ3v) is 5.14. The molecule has 2 aliphatic heterocycles. The van der Waals surface area contributed by atoms with Crippen molar-refractivity contribution in [1.29, 1.82) is 0 Å². The van der Waals surface area contributed by atoms with Gasteiger partial charge in [-0.2, -0.15) is 0 Å². The van der Waals surface area contributed by atoms with E-state index in [9.17, 15) is 4.79 Å². The molecule has 0 unspecified atom stereocenters. The van der Waals surface area contributed by atoms with Crippen LogP contribution in [0.2, 0.25) is 0 Å². The summed E-state index contributed by atoms with van der Waals surface area (Å²) in [5, 5.41) is 0. The summed E-state index contributed by atoms with van der Waals surface area (Å²) in [6, 6.07) is 2.01. The summed E-state index contributed by atoms with van der Waals surface area (Å²) in [6.07, 6.45) is 7.13. The number of likely N-dealkylation sites (N-methyl/N-ethyl adjacent to an activating group) is 1. The predicted molar refractivity (Wildman–Crippen MR) is 85.4 cm³/mol. The highest BCUT2D eigenvalue weighted by molar-refractivity contribution is 5.87. The van der Waals surface area contributed by atoms with Crippen LogP contribution in [-0.2, 0) is 11.3 Å². The van der Waals surface area contributed by atoms with Crippen molar-refractivity contribution in [3.63, 3.8) is 0 Å². The highest BCUT2D eigenvalue weighted by Crippen LogP contribution is 2.33. The number of hydrogen-bond acceptors (Lipinski definition) is 4. The van der Waals surface area contributed by atoms with Crippen LogP contribution < -0.4 is 0 Å². The Labute approximate surface area is 132 Å². The Morgan fingerprint density at radius 3 is 2.73 bits per heavy atom. The first-order valence-corrected chi connectivity index (χ1v) is 8.01. The maximum atomic E-state index is 12.9. The zero-order valence-corrected chi connectivity index (χ0v) is 13.3. The van der Waals surface area contributed by atoms with Gasteiger partial charge >= 0.3 is 0 Å². The number of rotatable bonds is 4. The smallest absolute Gasteiger partial charge is 0.243 e. The lowest BCUT2D eigenvalue weighted by molar-refractivity contribution is -0.153. The predicted octanol–water partition coefficient (Wildman–Crippen LogP) is 1.57. The molecule has 1 aromatic rings. The normalized spacial score (nSPS) is 23.1. The van der Waals surface area contributed by atoms with Gasteiger partial charge in [0, 0.05) is 44.8 Å². The van der Waals surface area contributed by atoms with E-state index in [2.05, 4.69) is 23.4 Å². The molecular formula is C17H25N3O2. The van der Waals surface area contributed by atoms with Crippen molar-refractivity contribution in [3.8, 4) is 0 Å². The SMILES string of the molecule is C=CCN1CCN(C)C2(CCN(Cc3ccoc3)CC2)C1=O. The molecule has 120 valence electrons. The van der Waals surface area contributed by atoms with Crippen molar-refractivity contribution >= 4 is 5.91 Å². The summed E-state index contributed by atoms with van der Waals surface area (Å²) in [6.45, 7) is 8.98. The largest absolute Gasteiger partial charge is 0.472 e. The molecule has 3 heterocycles. The molecule has 1 amide bonds. The number of furan rings is 1. The minimum atomic E-state index is -0.311. The van der Waals surface area contributed by atoms with Gasteiger partial charge in [-0.3, -0.25) is 14.6 Å². The van der Waals surface area contributed by atoms with E-state index < -0.39 is 0 Å². The highest BCUT2D eigenvalue weighted by Gasteiger charge is 2.48. The van der Waals surface area contributed by atoms with Crippen molar-refractivity contribution in [3.05, 3.63) is 36.8 Å². The lowest BCUT2D eigenvalue weighted by Crippen LogP contribution is -2.67. The molecule has 0 aliphatic carbocycles. The van der Waals surface area contributed by atoms with Gasteiger partial charge in [0.2, 0.25) is 5.91 Å². The molecule has 0 atom stereocenters. The van der Waals surface area contributed by atoms with Gasteiger partial charge in [-0.05, 0) is 26.0 Å². The van der Waals surface area contributed by atoms with Gasteiger partial charge in [0.05, 0.1) is 12.5 Å². The zero-order chi connectivity index (χ0) is 15.6. The molecule has 1 spiro atoms. The van der Waals surface area contributed by atoms with E-state index in [-0.39, 0.29) is 11.4 Å². The van der Waals surface area contributed by atoms with Crippen LogP contribution in [-0.4, -0.2) is 65.9 Å². The first kappa shape index (κ1) is 15.3. The van der Waals surface area contributed by atoms with E-state index >= 15 is 0 Å². The summed E-state index contributed by atoms with van der Waals surface area (Å²) >= 11 is 0. The minimum Gasteiger partial charge on any atom is -0.472 e. The molecular weight excluding hydrogens is 278 g/mol. The number of hydrogen-bond donors (Lipinski definition) is 0. The topological polar surface area (TPSA) is 39.9 Å². The van der Waals surface area contributed by atoms with E-state index in [1.165, 1.54) is 5.56 Å². The van der Waals surface area contributed by atoms with Gasteiger partial charge < -0.3 is 9.32 Å². The first-order valence-electron chi connectivity index (χ1n) is 8.01. The molecule has 0 radical (unpaired) electrons. The Hall–Kier alpha value is -1.59. The Bertz CT molecular complexity index is 518. The second-order valence-electron chi connectivity index (χ2n) is 6.40. The van der Waals surface area contributed by atoms with E-state index in [4.69, 9.17) is 4.42 Å². The van der Waals surface area contributed by atoms with Crippen LogP contribution in [0.3, 0.4) is 0 Å². The summed E-state index contributed by atoms with van der Waals surface area (Å²) < 4.78 is 5.14. The van der Waals surface area contributed by atoms with E-state index in [1.807, 2.05) is 17.0 Å². The molecule has 0 saturated carbocycles. The van der Waals surface area contributed by atoms with Crippen molar-refractivity contribution < 1.29 is 9.21 Å². The van der Waals surface area contributed by atoms with Gasteiger partial charge in [-0.1, -0.05) is 6.08 Å². The average Bonchev–Trinajstić information content (AvgIpc) is 3.03. The van der Waals surface area contributed by atoms with Crippen LogP contribution in [0.15, 0.2) is 35.7 Å². The third-order valence-electron chi connectivity index (χ3n) is 5.14. The standard InChI is InChI=1S/C17H25N3O2/c1-3-7-20-11-10-18(2)17(16(20)21)5-8-19(9-6-17)13-15-4-12-22-14-15/h3-4,12,14H,1,5-11,13H2,2H3.